The lowest BCUT2D eigenvalue weighted by Crippen LogP contribution is -2.40. The van der Waals surface area contributed by atoms with E-state index in [1.807, 2.05) is 24.3 Å². The van der Waals surface area contributed by atoms with E-state index in [1.54, 1.807) is 7.11 Å². The van der Waals surface area contributed by atoms with Crippen LogP contribution in [-0.4, -0.2) is 31.3 Å². The van der Waals surface area contributed by atoms with Crippen molar-refractivity contribution < 1.29 is 14.3 Å². The first-order valence-electron chi connectivity index (χ1n) is 8.20. The average molecular weight is 348 g/mol. The maximum absolute atomic E-state index is 11.8. The number of benzene rings is 1. The highest BCUT2D eigenvalue weighted by molar-refractivity contribution is 8.00. The third-order valence-corrected chi connectivity index (χ3v) is 4.81. The molecule has 2 N–H and O–H groups in total. The molecule has 24 heavy (non-hydrogen) atoms. The molecule has 0 bridgehead atoms. The van der Waals surface area contributed by atoms with Gasteiger partial charge in [-0.3, -0.25) is 10.1 Å². The summed E-state index contributed by atoms with van der Waals surface area (Å²) in [7, 11) is 1.61. The third-order valence-electron chi connectivity index (χ3n) is 3.80. The fourth-order valence-electron chi connectivity index (χ4n) is 2.50. The topological polar surface area (TPSA) is 67.4 Å². The third kappa shape index (κ3) is 6.66. The van der Waals surface area contributed by atoms with Gasteiger partial charge in [-0.25, -0.2) is 4.79 Å². The van der Waals surface area contributed by atoms with E-state index in [0.717, 1.165) is 29.9 Å². The summed E-state index contributed by atoms with van der Waals surface area (Å²) in [5, 5.41) is 5.09. The largest absolute Gasteiger partial charge is 0.497 e. The normalized spacial score (nSPS) is 13.8. The number of carbonyl (C=O) groups excluding carboxylic acids is 2. The van der Waals surface area contributed by atoms with Gasteiger partial charge in [0, 0.05) is 11.4 Å². The highest BCUT2D eigenvalue weighted by Gasteiger charge is 2.09. The van der Waals surface area contributed by atoms with Crippen molar-refractivity contribution in [1.82, 2.24) is 10.6 Å². The van der Waals surface area contributed by atoms with Gasteiger partial charge in [0.05, 0.1) is 12.9 Å². The van der Waals surface area contributed by atoms with Crippen LogP contribution in [0.25, 0.3) is 0 Å². The number of thioether (sulfide) groups is 1. The van der Waals surface area contributed by atoms with Crippen LogP contribution in [0.15, 0.2) is 40.8 Å². The number of imide groups is 1. The first-order valence-corrected chi connectivity index (χ1v) is 9.18. The van der Waals surface area contributed by atoms with E-state index in [9.17, 15) is 9.59 Å². The van der Waals surface area contributed by atoms with Crippen molar-refractivity contribution in [2.75, 3.05) is 19.4 Å². The van der Waals surface area contributed by atoms with Gasteiger partial charge in [-0.1, -0.05) is 11.6 Å². The van der Waals surface area contributed by atoms with E-state index in [4.69, 9.17) is 4.74 Å². The molecule has 130 valence electrons. The monoisotopic (exact) mass is 348 g/mol. The summed E-state index contributed by atoms with van der Waals surface area (Å²) in [4.78, 5) is 24.4. The molecule has 3 amide bonds. The maximum atomic E-state index is 11.8. The van der Waals surface area contributed by atoms with Crippen LogP contribution in [0, 0.1) is 0 Å². The first-order chi connectivity index (χ1) is 11.7. The van der Waals surface area contributed by atoms with Crippen LogP contribution in [0.3, 0.4) is 0 Å². The van der Waals surface area contributed by atoms with Gasteiger partial charge < -0.3 is 10.1 Å². The second kappa shape index (κ2) is 10.0. The smallest absolute Gasteiger partial charge is 0.321 e. The van der Waals surface area contributed by atoms with Crippen molar-refractivity contribution in [1.29, 1.82) is 0 Å². The molecule has 0 saturated carbocycles. The standard InChI is InChI=1S/C18H24N2O3S/c1-23-15-7-9-16(10-8-15)24-13-17(21)20-18(22)19-12-11-14-5-3-2-4-6-14/h5,7-10H,2-4,6,11-13H2,1H3,(H2,19,20,21,22). The van der Waals surface area contributed by atoms with Crippen molar-refractivity contribution in [3.63, 3.8) is 0 Å². The van der Waals surface area contributed by atoms with Crippen molar-refractivity contribution in [2.24, 2.45) is 0 Å². The van der Waals surface area contributed by atoms with Gasteiger partial charge in [0.1, 0.15) is 5.75 Å². The zero-order valence-electron chi connectivity index (χ0n) is 14.0. The minimum absolute atomic E-state index is 0.199. The van der Waals surface area contributed by atoms with Gasteiger partial charge in [0.2, 0.25) is 5.91 Å². The molecule has 0 radical (unpaired) electrons. The Hall–Kier alpha value is -1.95. The summed E-state index contributed by atoms with van der Waals surface area (Å²) in [5.41, 5.74) is 1.41. The number of rotatable bonds is 7. The predicted molar refractivity (Wildman–Crippen MR) is 96.4 cm³/mol. The number of allylic oxidation sites excluding steroid dienone is 1. The minimum Gasteiger partial charge on any atom is -0.497 e. The van der Waals surface area contributed by atoms with Crippen LogP contribution < -0.4 is 15.4 Å². The van der Waals surface area contributed by atoms with Crippen molar-refractivity contribution in [3.8, 4) is 5.75 Å². The second-order valence-corrected chi connectivity index (χ2v) is 6.68. The van der Waals surface area contributed by atoms with Crippen LogP contribution in [0.2, 0.25) is 0 Å². The fourth-order valence-corrected chi connectivity index (χ4v) is 3.19. The fraction of sp³-hybridized carbons (Fsp3) is 0.444. The number of ether oxygens (including phenoxy) is 1. The molecular formula is C18H24N2O3S. The molecular weight excluding hydrogens is 324 g/mol. The van der Waals surface area contributed by atoms with Crippen LogP contribution in [0.1, 0.15) is 32.1 Å². The van der Waals surface area contributed by atoms with Gasteiger partial charge in [-0.05, 0) is 56.4 Å². The number of hydrogen-bond acceptors (Lipinski definition) is 4. The Bertz CT molecular complexity index is 584. The molecule has 0 aliphatic heterocycles. The van der Waals surface area contributed by atoms with E-state index in [2.05, 4.69) is 16.7 Å². The van der Waals surface area contributed by atoms with Gasteiger partial charge in [0.15, 0.2) is 0 Å². The molecule has 5 nitrogen and oxygen atoms in total. The first kappa shape index (κ1) is 18.4. The van der Waals surface area contributed by atoms with Crippen molar-refractivity contribution in [3.05, 3.63) is 35.9 Å². The molecule has 0 atom stereocenters. The predicted octanol–water partition coefficient (Wildman–Crippen LogP) is 3.50. The van der Waals surface area contributed by atoms with E-state index < -0.39 is 6.03 Å². The lowest BCUT2D eigenvalue weighted by Gasteiger charge is -2.13. The van der Waals surface area contributed by atoms with Crippen LogP contribution in [0.5, 0.6) is 5.75 Å². The molecule has 0 unspecified atom stereocenters. The zero-order valence-corrected chi connectivity index (χ0v) is 14.8. The van der Waals surface area contributed by atoms with Crippen molar-refractivity contribution in [2.45, 2.75) is 37.0 Å². The van der Waals surface area contributed by atoms with Gasteiger partial charge in [-0.2, -0.15) is 0 Å². The minimum atomic E-state index is -0.424. The molecule has 1 aliphatic carbocycles. The Balaban J connectivity index is 1.62. The number of nitrogens with one attached hydrogen (secondary N) is 2. The molecule has 0 aromatic heterocycles. The Labute approximate surface area is 147 Å². The molecule has 1 aliphatic rings. The Kier molecular flexibility index (Phi) is 7.68. The van der Waals surface area contributed by atoms with E-state index >= 15 is 0 Å². The molecule has 1 aromatic carbocycles. The Morgan fingerprint density at radius 3 is 2.67 bits per heavy atom. The Morgan fingerprint density at radius 1 is 1.21 bits per heavy atom. The maximum Gasteiger partial charge on any atom is 0.321 e. The van der Waals surface area contributed by atoms with E-state index in [0.29, 0.717) is 6.54 Å². The highest BCUT2D eigenvalue weighted by Crippen LogP contribution is 2.21. The number of methoxy groups -OCH3 is 1. The zero-order chi connectivity index (χ0) is 17.2. The molecule has 6 heteroatoms. The molecule has 1 aromatic rings. The van der Waals surface area contributed by atoms with E-state index in [1.165, 1.54) is 30.2 Å². The van der Waals surface area contributed by atoms with Crippen molar-refractivity contribution >= 4 is 23.7 Å². The number of amides is 3. The molecule has 0 fully saturated rings. The van der Waals surface area contributed by atoms with Crippen LogP contribution >= 0.6 is 11.8 Å². The van der Waals surface area contributed by atoms with Gasteiger partial charge >= 0.3 is 6.03 Å². The summed E-state index contributed by atoms with van der Waals surface area (Å²) in [6.45, 7) is 0.566. The summed E-state index contributed by atoms with van der Waals surface area (Å²) < 4.78 is 5.08. The summed E-state index contributed by atoms with van der Waals surface area (Å²) >= 11 is 1.38. The molecule has 0 spiro atoms. The second-order valence-electron chi connectivity index (χ2n) is 5.63. The lowest BCUT2D eigenvalue weighted by molar-refractivity contribution is -0.117. The van der Waals surface area contributed by atoms with Gasteiger partial charge in [0.25, 0.3) is 0 Å². The Morgan fingerprint density at radius 2 is 2.00 bits per heavy atom. The SMILES string of the molecule is COc1ccc(SCC(=O)NC(=O)NCCC2=CCCCC2)cc1. The van der Waals surface area contributed by atoms with Crippen LogP contribution in [0.4, 0.5) is 4.79 Å². The number of carbonyl (C=O) groups is 2. The number of hydrogen-bond donors (Lipinski definition) is 2. The lowest BCUT2D eigenvalue weighted by atomic mass is 9.97. The summed E-state index contributed by atoms with van der Waals surface area (Å²) in [5.74, 6) is 0.673. The molecule has 0 saturated heterocycles. The number of urea groups is 1. The average Bonchev–Trinajstić information content (AvgIpc) is 2.61. The molecule has 2 rings (SSSR count). The summed E-state index contributed by atoms with van der Waals surface area (Å²) in [6.07, 6.45) is 7.89. The van der Waals surface area contributed by atoms with Gasteiger partial charge in [-0.15, -0.1) is 11.8 Å². The van der Waals surface area contributed by atoms with E-state index in [-0.39, 0.29) is 11.7 Å². The van der Waals surface area contributed by atoms with Crippen LogP contribution in [-0.2, 0) is 4.79 Å². The highest BCUT2D eigenvalue weighted by atomic mass is 32.2. The molecule has 0 heterocycles. The quantitative estimate of drug-likeness (QED) is 0.584. The summed E-state index contributed by atoms with van der Waals surface area (Å²) in [6, 6.07) is 7.02.